The van der Waals surface area contributed by atoms with Crippen LogP contribution in [0.2, 0.25) is 0 Å². The van der Waals surface area contributed by atoms with Crippen molar-refractivity contribution in [3.8, 4) is 17.3 Å². The van der Waals surface area contributed by atoms with Gasteiger partial charge >= 0.3 is 6.03 Å². The number of nitrogens with zero attached hydrogens (tertiary/aromatic N) is 4. The molecule has 1 aliphatic rings. The lowest BCUT2D eigenvalue weighted by atomic mass is 9.92. The lowest BCUT2D eigenvalue weighted by Gasteiger charge is -2.22. The molecule has 1 atom stereocenters. The molecule has 5 rings (SSSR count). The molecular weight excluding hydrogens is 468 g/mol. The van der Waals surface area contributed by atoms with Gasteiger partial charge in [-0.2, -0.15) is 5.01 Å². The zero-order valence-corrected chi connectivity index (χ0v) is 19.4. The Labute approximate surface area is 204 Å². The lowest BCUT2D eigenvalue weighted by Crippen LogP contribution is -2.48. The fraction of sp³-hybridized carbons (Fsp3) is 0.125. The third-order valence-electron chi connectivity index (χ3n) is 5.50. The number of para-hydroxylation sites is 1. The van der Waals surface area contributed by atoms with Crippen LogP contribution in [0.4, 0.5) is 4.79 Å². The molecule has 10 nitrogen and oxygen atoms in total. The zero-order valence-electron chi connectivity index (χ0n) is 18.5. The van der Waals surface area contributed by atoms with Crippen molar-refractivity contribution in [1.82, 2.24) is 30.5 Å². The Morgan fingerprint density at radius 2 is 1.74 bits per heavy atom. The fourth-order valence-electron chi connectivity index (χ4n) is 3.73. The molecule has 4 aromatic rings. The van der Waals surface area contributed by atoms with Crippen LogP contribution in [0.1, 0.15) is 12.5 Å². The molecule has 11 heteroatoms. The summed E-state index contributed by atoms with van der Waals surface area (Å²) in [4.78, 5) is 38.2. The molecule has 2 aromatic heterocycles. The van der Waals surface area contributed by atoms with Gasteiger partial charge < -0.3 is 9.73 Å². The minimum Gasteiger partial charge on any atom is -0.461 e. The van der Waals surface area contributed by atoms with E-state index in [1.54, 1.807) is 54.2 Å². The highest BCUT2D eigenvalue weighted by Gasteiger charge is 2.49. The van der Waals surface area contributed by atoms with Crippen LogP contribution in [0, 0.1) is 0 Å². The molecular formula is C24H20N6O4S. The highest BCUT2D eigenvalue weighted by atomic mass is 32.2. The van der Waals surface area contributed by atoms with Crippen LogP contribution in [-0.2, 0) is 15.1 Å². The minimum absolute atomic E-state index is 0.109. The number of benzene rings is 2. The molecule has 0 spiro atoms. The summed E-state index contributed by atoms with van der Waals surface area (Å²) in [5, 5.41) is 12.3. The highest BCUT2D eigenvalue weighted by Crippen LogP contribution is 2.29. The van der Waals surface area contributed by atoms with E-state index in [1.165, 1.54) is 0 Å². The molecule has 0 saturated carbocycles. The van der Waals surface area contributed by atoms with Crippen LogP contribution in [0.15, 0.2) is 88.6 Å². The van der Waals surface area contributed by atoms with Crippen LogP contribution in [-0.4, -0.2) is 43.4 Å². The first-order chi connectivity index (χ1) is 17.0. The maximum Gasteiger partial charge on any atom is 0.344 e. The number of carbonyl (C=O) groups excluding carboxylic acids is 3. The van der Waals surface area contributed by atoms with Crippen molar-refractivity contribution in [3.63, 3.8) is 0 Å². The first-order valence-corrected chi connectivity index (χ1v) is 11.6. The monoisotopic (exact) mass is 488 g/mol. The average Bonchev–Trinajstić information content (AvgIpc) is 3.60. The molecule has 2 aromatic carbocycles. The smallest absolute Gasteiger partial charge is 0.344 e. The molecule has 1 saturated heterocycles. The van der Waals surface area contributed by atoms with E-state index in [2.05, 4.69) is 20.9 Å². The predicted octanol–water partition coefficient (Wildman–Crippen LogP) is 3.12. The summed E-state index contributed by atoms with van der Waals surface area (Å²) in [6.07, 6.45) is 1.54. The second-order valence-corrected chi connectivity index (χ2v) is 8.78. The Hall–Kier alpha value is -4.38. The summed E-state index contributed by atoms with van der Waals surface area (Å²) in [7, 11) is 0. The van der Waals surface area contributed by atoms with Gasteiger partial charge in [0.05, 0.1) is 12.0 Å². The van der Waals surface area contributed by atoms with Gasteiger partial charge in [-0.05, 0) is 36.8 Å². The molecule has 0 bridgehead atoms. The second kappa shape index (κ2) is 9.11. The summed E-state index contributed by atoms with van der Waals surface area (Å²) in [6.45, 7) is 1.60. The third-order valence-corrected chi connectivity index (χ3v) is 6.43. The number of urea groups is 1. The molecule has 3 heterocycles. The molecule has 0 radical (unpaired) electrons. The van der Waals surface area contributed by atoms with E-state index in [0.29, 0.717) is 27.3 Å². The predicted molar refractivity (Wildman–Crippen MR) is 127 cm³/mol. The molecule has 35 heavy (non-hydrogen) atoms. The number of carbonyl (C=O) groups is 3. The summed E-state index contributed by atoms with van der Waals surface area (Å²) in [5.74, 6) is -0.214. The first kappa shape index (κ1) is 22.4. The Morgan fingerprint density at radius 3 is 2.43 bits per heavy atom. The first-order valence-electron chi connectivity index (χ1n) is 10.7. The average molecular weight is 489 g/mol. The van der Waals surface area contributed by atoms with Crippen molar-refractivity contribution in [2.75, 3.05) is 5.75 Å². The highest BCUT2D eigenvalue weighted by molar-refractivity contribution is 7.99. The van der Waals surface area contributed by atoms with Gasteiger partial charge in [0.1, 0.15) is 5.54 Å². The van der Waals surface area contributed by atoms with Gasteiger partial charge in [-0.15, -0.1) is 10.2 Å². The molecule has 2 N–H and O–H groups in total. The maximum atomic E-state index is 13.0. The van der Waals surface area contributed by atoms with Crippen molar-refractivity contribution in [3.05, 3.63) is 84.6 Å². The number of hydrogen-bond acceptors (Lipinski definition) is 7. The van der Waals surface area contributed by atoms with E-state index in [9.17, 15) is 14.4 Å². The van der Waals surface area contributed by atoms with Crippen molar-refractivity contribution >= 4 is 29.6 Å². The summed E-state index contributed by atoms with van der Waals surface area (Å²) < 4.78 is 7.26. The number of imide groups is 1. The van der Waals surface area contributed by atoms with Crippen LogP contribution in [0.5, 0.6) is 0 Å². The van der Waals surface area contributed by atoms with Gasteiger partial charge in [0.25, 0.3) is 5.91 Å². The van der Waals surface area contributed by atoms with Gasteiger partial charge in [-0.25, -0.2) is 4.79 Å². The number of thioether (sulfide) groups is 1. The van der Waals surface area contributed by atoms with Crippen LogP contribution in [0.3, 0.4) is 0 Å². The van der Waals surface area contributed by atoms with Crippen molar-refractivity contribution in [1.29, 1.82) is 0 Å². The number of hydrazine groups is 1. The summed E-state index contributed by atoms with van der Waals surface area (Å²) in [5.41, 5.74) is 2.54. The van der Waals surface area contributed by atoms with Crippen LogP contribution in [0.25, 0.3) is 17.3 Å². The molecule has 4 amide bonds. The quantitative estimate of drug-likeness (QED) is 0.303. The Morgan fingerprint density at radius 1 is 1.03 bits per heavy atom. The van der Waals surface area contributed by atoms with Crippen molar-refractivity contribution in [2.24, 2.45) is 0 Å². The van der Waals surface area contributed by atoms with E-state index in [4.69, 9.17) is 4.42 Å². The van der Waals surface area contributed by atoms with Gasteiger partial charge in [0.2, 0.25) is 11.7 Å². The summed E-state index contributed by atoms with van der Waals surface area (Å²) >= 11 is 1.12. The maximum absolute atomic E-state index is 13.0. The molecule has 176 valence electrons. The van der Waals surface area contributed by atoms with Gasteiger partial charge in [0, 0.05) is 5.69 Å². The fourth-order valence-corrected chi connectivity index (χ4v) is 4.48. The summed E-state index contributed by atoms with van der Waals surface area (Å²) in [6, 6.07) is 21.1. The normalized spacial score (nSPS) is 17.5. The molecule has 1 fully saturated rings. The number of amides is 4. The number of furan rings is 1. The number of rotatable bonds is 7. The SMILES string of the molecule is C[C@@]1(c2ccccc2)NC(=O)N(NC(=O)CSc2nnc(-c3ccco3)n2-c2ccccc2)C1=O. The van der Waals surface area contributed by atoms with Gasteiger partial charge in [-0.3, -0.25) is 19.6 Å². The van der Waals surface area contributed by atoms with Crippen molar-refractivity contribution < 1.29 is 18.8 Å². The van der Waals surface area contributed by atoms with Crippen LogP contribution >= 0.6 is 11.8 Å². The number of hydrogen-bond donors (Lipinski definition) is 2. The minimum atomic E-state index is -1.27. The Kier molecular flexibility index (Phi) is 5.83. The number of nitrogens with one attached hydrogen (secondary N) is 2. The topological polar surface area (TPSA) is 122 Å². The van der Waals surface area contributed by atoms with Crippen LogP contribution < -0.4 is 10.7 Å². The van der Waals surface area contributed by atoms with E-state index in [-0.39, 0.29) is 5.75 Å². The molecule has 0 unspecified atom stereocenters. The lowest BCUT2D eigenvalue weighted by molar-refractivity contribution is -0.138. The largest absolute Gasteiger partial charge is 0.461 e. The molecule has 0 aliphatic carbocycles. The van der Waals surface area contributed by atoms with E-state index < -0.39 is 23.4 Å². The second-order valence-electron chi connectivity index (χ2n) is 7.84. The third kappa shape index (κ3) is 4.17. The zero-order chi connectivity index (χ0) is 24.4. The Balaban J connectivity index is 1.32. The van der Waals surface area contributed by atoms with E-state index >= 15 is 0 Å². The van der Waals surface area contributed by atoms with Gasteiger partial charge in [0.15, 0.2) is 10.9 Å². The Bertz CT molecular complexity index is 1370. The van der Waals surface area contributed by atoms with Gasteiger partial charge in [-0.1, -0.05) is 60.3 Å². The van der Waals surface area contributed by atoms with E-state index in [1.807, 2.05) is 36.4 Å². The van der Waals surface area contributed by atoms with Crippen molar-refractivity contribution in [2.45, 2.75) is 17.6 Å². The van der Waals surface area contributed by atoms with E-state index in [0.717, 1.165) is 17.4 Å². The number of aromatic nitrogens is 3. The standard InChI is InChI=1S/C24H20N6O4S/c1-24(16-9-4-2-5-10-16)21(32)30(22(33)25-24)28-19(31)15-35-23-27-26-20(18-13-8-14-34-18)29(23)17-11-6-3-7-12-17/h2-14H,15H2,1H3,(H,25,33)(H,28,31)/t24-/m0/s1. The molecule has 1 aliphatic heterocycles.